The Bertz CT molecular complexity index is 522. The van der Waals surface area contributed by atoms with E-state index in [0.717, 1.165) is 30.4 Å². The molecule has 0 saturated carbocycles. The molecule has 0 spiro atoms. The van der Waals surface area contributed by atoms with Gasteiger partial charge in [0.1, 0.15) is 5.82 Å². The third-order valence-electron chi connectivity index (χ3n) is 3.44. The Morgan fingerprint density at radius 1 is 1.11 bits per heavy atom. The molecule has 0 heterocycles. The zero-order chi connectivity index (χ0) is 13.7. The van der Waals surface area contributed by atoms with Crippen LogP contribution in [0.5, 0.6) is 0 Å². The molecule has 19 heavy (non-hydrogen) atoms. The summed E-state index contributed by atoms with van der Waals surface area (Å²) in [6, 6.07) is 15.3. The van der Waals surface area contributed by atoms with Gasteiger partial charge in [-0.3, -0.25) is 0 Å². The molecule has 2 aromatic rings. The van der Waals surface area contributed by atoms with Crippen molar-refractivity contribution >= 4 is 0 Å². The van der Waals surface area contributed by atoms with Crippen LogP contribution in [0.3, 0.4) is 0 Å². The van der Waals surface area contributed by atoms with E-state index in [-0.39, 0.29) is 11.9 Å². The minimum atomic E-state index is -0.184. The molecule has 2 rings (SSSR count). The first kappa shape index (κ1) is 13.8. The van der Waals surface area contributed by atoms with Crippen LogP contribution in [-0.4, -0.2) is 6.04 Å². The average Bonchev–Trinajstić information content (AvgIpc) is 2.42. The quantitative estimate of drug-likeness (QED) is 0.869. The second-order valence-corrected chi connectivity index (χ2v) is 5.06. The highest BCUT2D eigenvalue weighted by atomic mass is 19.1. The van der Waals surface area contributed by atoms with Gasteiger partial charge < -0.3 is 5.73 Å². The van der Waals surface area contributed by atoms with Crippen LogP contribution in [0.4, 0.5) is 4.39 Å². The maximum Gasteiger partial charge on any atom is 0.123 e. The van der Waals surface area contributed by atoms with Gasteiger partial charge in [0.2, 0.25) is 0 Å². The van der Waals surface area contributed by atoms with Crippen LogP contribution in [0.1, 0.15) is 23.1 Å². The van der Waals surface area contributed by atoms with Crippen LogP contribution in [0.2, 0.25) is 0 Å². The lowest BCUT2D eigenvalue weighted by Crippen LogP contribution is -2.24. The van der Waals surface area contributed by atoms with Crippen LogP contribution >= 0.6 is 0 Å². The van der Waals surface area contributed by atoms with Gasteiger partial charge in [0, 0.05) is 6.04 Å². The number of halogens is 1. The first-order valence-corrected chi connectivity index (χ1v) is 6.69. The summed E-state index contributed by atoms with van der Waals surface area (Å²) in [5.41, 5.74) is 9.57. The Morgan fingerprint density at radius 2 is 1.84 bits per heavy atom. The van der Waals surface area contributed by atoms with Crippen molar-refractivity contribution in [3.63, 3.8) is 0 Å². The summed E-state index contributed by atoms with van der Waals surface area (Å²) >= 11 is 0. The van der Waals surface area contributed by atoms with Crippen molar-refractivity contribution in [3.05, 3.63) is 71.0 Å². The van der Waals surface area contributed by atoms with E-state index < -0.39 is 0 Å². The molecule has 0 aliphatic carbocycles. The highest BCUT2D eigenvalue weighted by Gasteiger charge is 2.07. The Hall–Kier alpha value is -1.67. The van der Waals surface area contributed by atoms with Crippen molar-refractivity contribution in [1.29, 1.82) is 0 Å². The van der Waals surface area contributed by atoms with Crippen LogP contribution < -0.4 is 5.73 Å². The Kier molecular flexibility index (Phi) is 4.69. The maximum atomic E-state index is 13.2. The van der Waals surface area contributed by atoms with Crippen LogP contribution in [0.25, 0.3) is 0 Å². The molecule has 0 fully saturated rings. The van der Waals surface area contributed by atoms with E-state index in [9.17, 15) is 4.39 Å². The average molecular weight is 257 g/mol. The van der Waals surface area contributed by atoms with E-state index in [1.807, 2.05) is 31.2 Å². The molecule has 2 aromatic carbocycles. The molecule has 2 N–H and O–H groups in total. The van der Waals surface area contributed by atoms with Crippen LogP contribution in [-0.2, 0) is 12.8 Å². The third kappa shape index (κ3) is 4.18. The van der Waals surface area contributed by atoms with Gasteiger partial charge in [-0.1, -0.05) is 36.4 Å². The van der Waals surface area contributed by atoms with Gasteiger partial charge in [0.15, 0.2) is 0 Å². The molecule has 0 aliphatic rings. The molecule has 1 unspecified atom stereocenters. The molecule has 0 saturated heterocycles. The van der Waals surface area contributed by atoms with Gasteiger partial charge in [-0.15, -0.1) is 0 Å². The molecule has 1 nitrogen and oxygen atoms in total. The fraction of sp³-hybridized carbons (Fsp3) is 0.294. The molecule has 1 atom stereocenters. The number of hydrogen-bond donors (Lipinski definition) is 1. The standard InChI is InChI=1S/C17H20FN/c1-13-7-9-16(18)11-15(13)12-17(19)10-8-14-5-3-2-4-6-14/h2-7,9,11,17H,8,10,12,19H2,1H3. The highest BCUT2D eigenvalue weighted by Crippen LogP contribution is 2.14. The van der Waals surface area contributed by atoms with Gasteiger partial charge in [0.25, 0.3) is 0 Å². The van der Waals surface area contributed by atoms with E-state index in [2.05, 4.69) is 12.1 Å². The van der Waals surface area contributed by atoms with Crippen molar-refractivity contribution in [3.8, 4) is 0 Å². The van der Waals surface area contributed by atoms with Crippen molar-refractivity contribution in [2.24, 2.45) is 5.73 Å². The van der Waals surface area contributed by atoms with E-state index in [4.69, 9.17) is 5.73 Å². The number of rotatable bonds is 5. The monoisotopic (exact) mass is 257 g/mol. The summed E-state index contributed by atoms with van der Waals surface area (Å²) in [5.74, 6) is -0.184. The second kappa shape index (κ2) is 6.48. The maximum absolute atomic E-state index is 13.2. The molecular formula is C17H20FN. The molecule has 0 radical (unpaired) electrons. The van der Waals surface area contributed by atoms with E-state index >= 15 is 0 Å². The molecule has 0 amide bonds. The number of benzene rings is 2. The Morgan fingerprint density at radius 3 is 2.58 bits per heavy atom. The largest absolute Gasteiger partial charge is 0.327 e. The fourth-order valence-corrected chi connectivity index (χ4v) is 2.24. The smallest absolute Gasteiger partial charge is 0.123 e. The van der Waals surface area contributed by atoms with Crippen molar-refractivity contribution in [2.75, 3.05) is 0 Å². The lowest BCUT2D eigenvalue weighted by Gasteiger charge is -2.13. The van der Waals surface area contributed by atoms with Gasteiger partial charge in [-0.25, -0.2) is 4.39 Å². The fourth-order valence-electron chi connectivity index (χ4n) is 2.24. The topological polar surface area (TPSA) is 26.0 Å². The summed E-state index contributed by atoms with van der Waals surface area (Å²) < 4.78 is 13.2. The van der Waals surface area contributed by atoms with Crippen LogP contribution in [0.15, 0.2) is 48.5 Å². The molecular weight excluding hydrogens is 237 g/mol. The normalized spacial score (nSPS) is 12.4. The molecule has 2 heteroatoms. The van der Waals surface area contributed by atoms with Crippen molar-refractivity contribution in [2.45, 2.75) is 32.2 Å². The minimum absolute atomic E-state index is 0.0701. The SMILES string of the molecule is Cc1ccc(F)cc1CC(N)CCc1ccccc1. The summed E-state index contributed by atoms with van der Waals surface area (Å²) in [7, 11) is 0. The summed E-state index contributed by atoms with van der Waals surface area (Å²) in [4.78, 5) is 0. The zero-order valence-electron chi connectivity index (χ0n) is 11.3. The highest BCUT2D eigenvalue weighted by molar-refractivity contribution is 5.27. The summed E-state index contributed by atoms with van der Waals surface area (Å²) in [6.07, 6.45) is 2.62. The van der Waals surface area contributed by atoms with E-state index in [1.54, 1.807) is 6.07 Å². The lowest BCUT2D eigenvalue weighted by atomic mass is 9.97. The predicted molar refractivity (Wildman–Crippen MR) is 77.6 cm³/mol. The Balaban J connectivity index is 1.90. The van der Waals surface area contributed by atoms with E-state index in [1.165, 1.54) is 11.6 Å². The summed E-state index contributed by atoms with van der Waals surface area (Å²) in [5, 5.41) is 0. The van der Waals surface area contributed by atoms with Gasteiger partial charge >= 0.3 is 0 Å². The molecule has 0 aliphatic heterocycles. The number of hydrogen-bond acceptors (Lipinski definition) is 1. The first-order valence-electron chi connectivity index (χ1n) is 6.69. The van der Waals surface area contributed by atoms with Crippen molar-refractivity contribution in [1.82, 2.24) is 0 Å². The predicted octanol–water partition coefficient (Wildman–Crippen LogP) is 3.64. The first-order chi connectivity index (χ1) is 9.15. The van der Waals surface area contributed by atoms with E-state index in [0.29, 0.717) is 0 Å². The Labute approximate surface area is 114 Å². The van der Waals surface area contributed by atoms with Crippen molar-refractivity contribution < 1.29 is 4.39 Å². The second-order valence-electron chi connectivity index (χ2n) is 5.06. The van der Waals surface area contributed by atoms with Gasteiger partial charge in [-0.05, 0) is 55.0 Å². The minimum Gasteiger partial charge on any atom is -0.327 e. The zero-order valence-corrected chi connectivity index (χ0v) is 11.3. The number of nitrogens with two attached hydrogens (primary N) is 1. The van der Waals surface area contributed by atoms with Crippen LogP contribution in [0, 0.1) is 12.7 Å². The number of aryl methyl sites for hydroxylation is 2. The van der Waals surface area contributed by atoms with Gasteiger partial charge in [0.05, 0.1) is 0 Å². The molecule has 0 bridgehead atoms. The molecule has 0 aromatic heterocycles. The lowest BCUT2D eigenvalue weighted by molar-refractivity contribution is 0.597. The summed E-state index contributed by atoms with van der Waals surface area (Å²) in [6.45, 7) is 2.00. The van der Waals surface area contributed by atoms with Gasteiger partial charge in [-0.2, -0.15) is 0 Å². The third-order valence-corrected chi connectivity index (χ3v) is 3.44. The molecule has 100 valence electrons.